The van der Waals surface area contributed by atoms with E-state index in [0.29, 0.717) is 30.4 Å². The summed E-state index contributed by atoms with van der Waals surface area (Å²) in [5, 5.41) is 0. The van der Waals surface area contributed by atoms with Crippen LogP contribution < -0.4 is 15.4 Å². The molecule has 1 aliphatic heterocycles. The Morgan fingerprint density at radius 2 is 1.96 bits per heavy atom. The zero-order chi connectivity index (χ0) is 16.9. The van der Waals surface area contributed by atoms with Crippen molar-refractivity contribution >= 4 is 11.5 Å². The first-order chi connectivity index (χ1) is 11.7. The highest BCUT2D eigenvalue weighted by atomic mass is 19.1. The molecule has 0 saturated carbocycles. The topological polar surface area (TPSA) is 61.5 Å². The number of para-hydroxylation sites is 1. The summed E-state index contributed by atoms with van der Waals surface area (Å²) in [5.74, 6) is 0.944. The lowest BCUT2D eigenvalue weighted by molar-refractivity contribution is 0.177. The molecule has 1 aromatic heterocycles. The minimum absolute atomic E-state index is 0.192. The molecule has 0 unspecified atom stereocenters. The summed E-state index contributed by atoms with van der Waals surface area (Å²) in [6.45, 7) is 3.16. The maximum absolute atomic E-state index is 14.0. The minimum Gasteiger partial charge on any atom is -0.377 e. The zero-order valence-electron chi connectivity index (χ0n) is 13.7. The Labute approximate surface area is 139 Å². The van der Waals surface area contributed by atoms with Gasteiger partial charge >= 0.3 is 0 Å². The number of anilines is 2. The molecular weight excluding hydrogens is 311 g/mol. The lowest BCUT2D eigenvalue weighted by Gasteiger charge is -2.24. The Hall–Kier alpha value is -2.41. The van der Waals surface area contributed by atoms with Gasteiger partial charge in [-0.3, -0.25) is 4.79 Å². The summed E-state index contributed by atoms with van der Waals surface area (Å²) in [5.41, 5.74) is 0.431. The summed E-state index contributed by atoms with van der Waals surface area (Å²) in [4.78, 5) is 23.0. The van der Waals surface area contributed by atoms with E-state index in [0.717, 1.165) is 19.5 Å². The van der Waals surface area contributed by atoms with Gasteiger partial charge in [-0.1, -0.05) is 12.1 Å². The molecule has 7 heteroatoms. The Kier molecular flexibility index (Phi) is 5.10. The number of rotatable bonds is 4. The van der Waals surface area contributed by atoms with Gasteiger partial charge in [0.05, 0.1) is 5.69 Å². The summed E-state index contributed by atoms with van der Waals surface area (Å²) in [7, 11) is 1.56. The number of aromatic nitrogens is 2. The number of nitrogens with zero attached hydrogens (tertiary/aromatic N) is 3. The molecule has 0 aliphatic carbocycles. The average Bonchev–Trinajstić information content (AvgIpc) is 2.81. The van der Waals surface area contributed by atoms with Crippen LogP contribution in [0.5, 0.6) is 0 Å². The van der Waals surface area contributed by atoms with E-state index in [1.54, 1.807) is 19.2 Å². The van der Waals surface area contributed by atoms with Gasteiger partial charge in [-0.2, -0.15) is 0 Å². The number of nitrogens with one attached hydrogen (secondary N) is 1. The standard InChI is InChI=1S/C17H21FN4O2/c1-24-12-15-19-16(11-17(23)20-15)22-8-4-7-21(9-10-22)14-6-3-2-5-13(14)18/h2-3,5-6,11H,4,7-10,12H2,1H3,(H,19,20,23). The van der Waals surface area contributed by atoms with Gasteiger partial charge in [-0.15, -0.1) is 0 Å². The van der Waals surface area contributed by atoms with Crippen molar-refractivity contribution in [2.75, 3.05) is 43.1 Å². The quantitative estimate of drug-likeness (QED) is 0.925. The molecule has 1 aliphatic rings. The molecule has 0 spiro atoms. The molecule has 24 heavy (non-hydrogen) atoms. The third-order valence-electron chi connectivity index (χ3n) is 4.07. The average molecular weight is 332 g/mol. The molecule has 0 atom stereocenters. The van der Waals surface area contributed by atoms with E-state index in [-0.39, 0.29) is 18.0 Å². The first-order valence-electron chi connectivity index (χ1n) is 8.01. The third-order valence-corrected chi connectivity index (χ3v) is 4.07. The molecule has 128 valence electrons. The second-order valence-corrected chi connectivity index (χ2v) is 5.76. The fraction of sp³-hybridized carbons (Fsp3) is 0.412. The van der Waals surface area contributed by atoms with Crippen LogP contribution in [0.1, 0.15) is 12.2 Å². The van der Waals surface area contributed by atoms with Crippen molar-refractivity contribution in [3.63, 3.8) is 0 Å². The lowest BCUT2D eigenvalue weighted by atomic mass is 10.2. The van der Waals surface area contributed by atoms with E-state index in [9.17, 15) is 9.18 Å². The van der Waals surface area contributed by atoms with Crippen molar-refractivity contribution in [2.45, 2.75) is 13.0 Å². The maximum Gasteiger partial charge on any atom is 0.253 e. The number of H-pyrrole nitrogens is 1. The van der Waals surface area contributed by atoms with Gasteiger partial charge in [0.25, 0.3) is 5.56 Å². The molecule has 0 amide bonds. The highest BCUT2D eigenvalue weighted by Gasteiger charge is 2.19. The van der Waals surface area contributed by atoms with Gasteiger partial charge in [0.1, 0.15) is 24.1 Å². The van der Waals surface area contributed by atoms with Crippen molar-refractivity contribution in [2.24, 2.45) is 0 Å². The van der Waals surface area contributed by atoms with Crippen molar-refractivity contribution < 1.29 is 9.13 Å². The monoisotopic (exact) mass is 332 g/mol. The van der Waals surface area contributed by atoms with Crippen LogP contribution in [0.4, 0.5) is 15.9 Å². The summed E-state index contributed by atoms with van der Waals surface area (Å²) in [6.07, 6.45) is 0.864. The fourth-order valence-electron chi connectivity index (χ4n) is 2.96. The molecule has 1 fully saturated rings. The molecule has 1 saturated heterocycles. The Morgan fingerprint density at radius 1 is 1.21 bits per heavy atom. The van der Waals surface area contributed by atoms with Crippen LogP contribution in [0, 0.1) is 5.82 Å². The highest BCUT2D eigenvalue weighted by molar-refractivity contribution is 5.49. The molecular formula is C17H21FN4O2. The van der Waals surface area contributed by atoms with Crippen LogP contribution in [-0.2, 0) is 11.3 Å². The number of halogens is 1. The zero-order valence-corrected chi connectivity index (χ0v) is 13.7. The Morgan fingerprint density at radius 3 is 2.75 bits per heavy atom. The normalized spacial score (nSPS) is 15.4. The van der Waals surface area contributed by atoms with Gasteiger partial charge in [0, 0.05) is 39.4 Å². The van der Waals surface area contributed by atoms with Crippen LogP contribution >= 0.6 is 0 Å². The maximum atomic E-state index is 14.0. The van der Waals surface area contributed by atoms with Crippen molar-refractivity contribution in [1.82, 2.24) is 9.97 Å². The predicted octanol–water partition coefficient (Wildman–Crippen LogP) is 1.77. The molecule has 0 bridgehead atoms. The molecule has 2 aromatic rings. The van der Waals surface area contributed by atoms with Crippen LogP contribution in [0.3, 0.4) is 0 Å². The number of aromatic amines is 1. The molecule has 2 heterocycles. The summed E-state index contributed by atoms with van der Waals surface area (Å²) < 4.78 is 19.0. The van der Waals surface area contributed by atoms with E-state index in [2.05, 4.69) is 14.9 Å². The van der Waals surface area contributed by atoms with Gasteiger partial charge in [-0.05, 0) is 18.6 Å². The minimum atomic E-state index is -0.206. The second kappa shape index (κ2) is 7.44. The molecule has 1 aromatic carbocycles. The van der Waals surface area contributed by atoms with Crippen molar-refractivity contribution in [1.29, 1.82) is 0 Å². The fourth-order valence-corrected chi connectivity index (χ4v) is 2.96. The highest BCUT2D eigenvalue weighted by Crippen LogP contribution is 2.21. The number of benzene rings is 1. The Bertz CT molecular complexity index is 749. The van der Waals surface area contributed by atoms with Gasteiger partial charge in [0.2, 0.25) is 0 Å². The predicted molar refractivity (Wildman–Crippen MR) is 91.0 cm³/mol. The summed E-state index contributed by atoms with van der Waals surface area (Å²) in [6, 6.07) is 8.31. The lowest BCUT2D eigenvalue weighted by Crippen LogP contribution is -2.32. The van der Waals surface area contributed by atoms with Gasteiger partial charge < -0.3 is 19.5 Å². The molecule has 3 rings (SSSR count). The Balaban J connectivity index is 1.76. The van der Waals surface area contributed by atoms with Crippen molar-refractivity contribution in [3.05, 3.63) is 52.3 Å². The number of ether oxygens (including phenoxy) is 1. The van der Waals surface area contributed by atoms with Crippen LogP contribution in [0.2, 0.25) is 0 Å². The third kappa shape index (κ3) is 3.73. The van der Waals surface area contributed by atoms with Crippen LogP contribution in [0.15, 0.2) is 35.1 Å². The van der Waals surface area contributed by atoms with E-state index in [1.165, 1.54) is 12.1 Å². The first kappa shape index (κ1) is 16.4. The number of methoxy groups -OCH3 is 1. The van der Waals surface area contributed by atoms with Gasteiger partial charge in [-0.25, -0.2) is 9.37 Å². The first-order valence-corrected chi connectivity index (χ1v) is 8.01. The van der Waals surface area contributed by atoms with Crippen LogP contribution in [0.25, 0.3) is 0 Å². The van der Waals surface area contributed by atoms with E-state index < -0.39 is 0 Å². The van der Waals surface area contributed by atoms with Crippen molar-refractivity contribution in [3.8, 4) is 0 Å². The second-order valence-electron chi connectivity index (χ2n) is 5.76. The summed E-state index contributed by atoms with van der Waals surface area (Å²) >= 11 is 0. The number of hydrogen-bond donors (Lipinski definition) is 1. The molecule has 6 nitrogen and oxygen atoms in total. The van der Waals surface area contributed by atoms with Gasteiger partial charge in [0.15, 0.2) is 0 Å². The molecule has 1 N–H and O–H groups in total. The smallest absolute Gasteiger partial charge is 0.253 e. The number of hydrogen-bond acceptors (Lipinski definition) is 5. The van der Waals surface area contributed by atoms with E-state index in [1.807, 2.05) is 11.0 Å². The van der Waals surface area contributed by atoms with E-state index in [4.69, 9.17) is 4.74 Å². The molecule has 0 radical (unpaired) electrons. The van der Waals surface area contributed by atoms with E-state index >= 15 is 0 Å². The largest absolute Gasteiger partial charge is 0.377 e. The van der Waals surface area contributed by atoms with Crippen LogP contribution in [-0.4, -0.2) is 43.3 Å². The SMILES string of the molecule is COCc1nc(N2CCCN(c3ccccc3F)CC2)cc(=O)[nH]1.